The van der Waals surface area contributed by atoms with E-state index in [4.69, 9.17) is 27.6 Å². The number of amides is 1. The summed E-state index contributed by atoms with van der Waals surface area (Å²) in [6, 6.07) is 12.2. The van der Waals surface area contributed by atoms with E-state index in [0.29, 0.717) is 47.2 Å². The van der Waals surface area contributed by atoms with E-state index < -0.39 is 5.63 Å². The summed E-state index contributed by atoms with van der Waals surface area (Å²) in [6.45, 7) is 2.13. The van der Waals surface area contributed by atoms with E-state index in [1.165, 1.54) is 0 Å². The molecule has 8 heteroatoms. The number of carbonyl (C=O) groups excluding carboxylic acids is 1. The number of rotatable bonds is 2. The largest absolute Gasteiger partial charge is 0.422 e. The number of hydrogen-bond acceptors (Lipinski definition) is 4. The lowest BCUT2D eigenvalue weighted by atomic mass is 10.1. The number of benzene rings is 2. The molecule has 0 bridgehead atoms. The fourth-order valence-electron chi connectivity index (χ4n) is 3.29. The molecule has 144 valence electrons. The lowest BCUT2D eigenvalue weighted by molar-refractivity contribution is 0.0742. The van der Waals surface area contributed by atoms with Crippen LogP contribution in [0.1, 0.15) is 10.4 Å². The number of carbonyl (C=O) groups is 1. The van der Waals surface area contributed by atoms with Crippen LogP contribution in [-0.4, -0.2) is 37.0 Å². The zero-order valence-electron chi connectivity index (χ0n) is 14.6. The van der Waals surface area contributed by atoms with Gasteiger partial charge in [-0.3, -0.25) is 4.79 Å². The second-order valence-corrected chi connectivity index (χ2v) is 8.26. The van der Waals surface area contributed by atoms with Gasteiger partial charge >= 0.3 is 5.63 Å². The van der Waals surface area contributed by atoms with Gasteiger partial charge in [-0.2, -0.15) is 0 Å². The Kier molecular flexibility index (Phi) is 5.36. The highest BCUT2D eigenvalue weighted by atomic mass is 79.9. The Morgan fingerprint density at radius 1 is 1.00 bits per heavy atom. The highest BCUT2D eigenvalue weighted by Gasteiger charge is 2.26. The Hall–Kier alpha value is -2.02. The molecule has 0 saturated carbocycles. The van der Waals surface area contributed by atoms with Crippen molar-refractivity contribution in [3.63, 3.8) is 0 Å². The maximum atomic E-state index is 12.9. The normalized spacial score (nSPS) is 14.5. The molecule has 1 aliphatic rings. The number of hydrogen-bond donors (Lipinski definition) is 0. The zero-order valence-corrected chi connectivity index (χ0v) is 17.7. The van der Waals surface area contributed by atoms with Gasteiger partial charge in [-0.1, -0.05) is 39.1 Å². The molecule has 4 rings (SSSR count). The number of fused-ring (bicyclic) bond motifs is 1. The molecule has 5 nitrogen and oxygen atoms in total. The summed E-state index contributed by atoms with van der Waals surface area (Å²) >= 11 is 15.7. The summed E-state index contributed by atoms with van der Waals surface area (Å²) in [7, 11) is 0. The van der Waals surface area contributed by atoms with Crippen LogP contribution in [0.5, 0.6) is 0 Å². The third kappa shape index (κ3) is 3.77. The molecule has 0 aliphatic carbocycles. The minimum Gasteiger partial charge on any atom is -0.422 e. The third-order valence-electron chi connectivity index (χ3n) is 4.74. The quantitative estimate of drug-likeness (QED) is 0.492. The minimum atomic E-state index is -0.625. The topological polar surface area (TPSA) is 53.8 Å². The van der Waals surface area contributed by atoms with Crippen molar-refractivity contribution in [3.05, 3.63) is 73.0 Å². The van der Waals surface area contributed by atoms with Gasteiger partial charge < -0.3 is 14.2 Å². The molecular formula is C20H15BrCl2N2O3. The molecule has 0 N–H and O–H groups in total. The lowest BCUT2D eigenvalue weighted by Gasteiger charge is -2.36. The van der Waals surface area contributed by atoms with Crippen LogP contribution < -0.4 is 10.5 Å². The summed E-state index contributed by atoms with van der Waals surface area (Å²) in [5, 5.41) is 1.92. The van der Waals surface area contributed by atoms with Crippen LogP contribution in [0.15, 0.2) is 56.1 Å². The Balaban J connectivity index is 1.54. The number of piperazine rings is 1. The first-order chi connectivity index (χ1) is 13.4. The van der Waals surface area contributed by atoms with Crippen LogP contribution in [0.4, 0.5) is 5.69 Å². The Morgan fingerprint density at radius 3 is 2.50 bits per heavy atom. The molecule has 1 amide bonds. The first kappa shape index (κ1) is 19.3. The molecule has 0 unspecified atom stereocenters. The van der Waals surface area contributed by atoms with Crippen LogP contribution in [-0.2, 0) is 0 Å². The lowest BCUT2D eigenvalue weighted by Crippen LogP contribution is -2.49. The summed E-state index contributed by atoms with van der Waals surface area (Å²) < 4.78 is 6.16. The molecule has 1 fully saturated rings. The monoisotopic (exact) mass is 480 g/mol. The SMILES string of the molecule is O=C(c1cc2cc(Br)ccc2oc1=O)N1CCN(c2cc(Cl)ccc2Cl)CC1. The number of anilines is 1. The molecule has 0 spiro atoms. The Bertz CT molecular complexity index is 1120. The molecule has 1 aliphatic heterocycles. The predicted molar refractivity (Wildman–Crippen MR) is 115 cm³/mol. The van der Waals surface area contributed by atoms with Crippen molar-refractivity contribution in [2.24, 2.45) is 0 Å². The van der Waals surface area contributed by atoms with Crippen molar-refractivity contribution in [2.75, 3.05) is 31.1 Å². The highest BCUT2D eigenvalue weighted by Crippen LogP contribution is 2.30. The van der Waals surface area contributed by atoms with E-state index in [0.717, 1.165) is 10.2 Å². The highest BCUT2D eigenvalue weighted by molar-refractivity contribution is 9.10. The van der Waals surface area contributed by atoms with Crippen molar-refractivity contribution >= 4 is 61.7 Å². The average molecular weight is 482 g/mol. The van der Waals surface area contributed by atoms with Crippen molar-refractivity contribution in [1.82, 2.24) is 4.90 Å². The van der Waals surface area contributed by atoms with E-state index in [2.05, 4.69) is 20.8 Å². The van der Waals surface area contributed by atoms with Crippen molar-refractivity contribution in [1.29, 1.82) is 0 Å². The molecule has 0 radical (unpaired) electrons. The van der Waals surface area contributed by atoms with Gasteiger partial charge in [-0.15, -0.1) is 0 Å². The van der Waals surface area contributed by atoms with E-state index in [9.17, 15) is 9.59 Å². The van der Waals surface area contributed by atoms with Gasteiger partial charge in [0, 0.05) is 41.1 Å². The van der Waals surface area contributed by atoms with Crippen LogP contribution in [0.25, 0.3) is 11.0 Å². The summed E-state index contributed by atoms with van der Waals surface area (Å²) in [5.41, 5.74) is 0.710. The molecule has 1 aromatic heterocycles. The second kappa shape index (κ2) is 7.78. The Morgan fingerprint density at radius 2 is 1.75 bits per heavy atom. The summed E-state index contributed by atoms with van der Waals surface area (Å²) in [4.78, 5) is 28.9. The van der Waals surface area contributed by atoms with Crippen LogP contribution >= 0.6 is 39.1 Å². The van der Waals surface area contributed by atoms with E-state index in [1.54, 1.807) is 35.2 Å². The van der Waals surface area contributed by atoms with Gasteiger partial charge in [0.15, 0.2) is 0 Å². The zero-order chi connectivity index (χ0) is 19.8. The first-order valence-corrected chi connectivity index (χ1v) is 10.2. The molecule has 2 aromatic carbocycles. The summed E-state index contributed by atoms with van der Waals surface area (Å²) in [6.07, 6.45) is 0. The Labute approximate surface area is 179 Å². The first-order valence-electron chi connectivity index (χ1n) is 8.65. The summed E-state index contributed by atoms with van der Waals surface area (Å²) in [5.74, 6) is -0.326. The van der Waals surface area contributed by atoms with Gasteiger partial charge in [0.2, 0.25) is 0 Å². The second-order valence-electron chi connectivity index (χ2n) is 6.50. The third-order valence-corrected chi connectivity index (χ3v) is 5.79. The number of nitrogens with zero attached hydrogens (tertiary/aromatic N) is 2. The van der Waals surface area contributed by atoms with Crippen LogP contribution in [0, 0.1) is 0 Å². The molecule has 0 atom stereocenters. The van der Waals surface area contributed by atoms with E-state index in [1.807, 2.05) is 12.1 Å². The van der Waals surface area contributed by atoms with E-state index in [-0.39, 0.29) is 11.5 Å². The van der Waals surface area contributed by atoms with Crippen LogP contribution in [0.3, 0.4) is 0 Å². The average Bonchev–Trinajstić information content (AvgIpc) is 2.69. The van der Waals surface area contributed by atoms with Gasteiger partial charge in [-0.05, 0) is 42.5 Å². The van der Waals surface area contributed by atoms with E-state index >= 15 is 0 Å². The van der Waals surface area contributed by atoms with Crippen molar-refractivity contribution < 1.29 is 9.21 Å². The molecular weight excluding hydrogens is 467 g/mol. The predicted octanol–water partition coefficient (Wildman–Crippen LogP) is 4.82. The van der Waals surface area contributed by atoms with Crippen LogP contribution in [0.2, 0.25) is 10.0 Å². The smallest absolute Gasteiger partial charge is 0.349 e. The number of halogens is 3. The van der Waals surface area contributed by atoms with Gasteiger partial charge in [0.1, 0.15) is 11.1 Å². The standard InChI is InChI=1S/C20H15BrCl2N2O3/c21-13-1-4-18-12(9-13)10-15(20(27)28-18)19(26)25-7-5-24(6-8-25)17-11-14(22)2-3-16(17)23/h1-4,9-11H,5-8H2. The molecule has 2 heterocycles. The fraction of sp³-hybridized carbons (Fsp3) is 0.200. The minimum absolute atomic E-state index is 0.0415. The molecule has 3 aromatic rings. The molecule has 1 saturated heterocycles. The van der Waals surface area contributed by atoms with Gasteiger partial charge in [-0.25, -0.2) is 4.79 Å². The van der Waals surface area contributed by atoms with Crippen molar-refractivity contribution in [3.8, 4) is 0 Å². The maximum absolute atomic E-state index is 12.9. The maximum Gasteiger partial charge on any atom is 0.349 e. The fourth-order valence-corrected chi connectivity index (χ4v) is 4.07. The molecule has 28 heavy (non-hydrogen) atoms. The van der Waals surface area contributed by atoms with Gasteiger partial charge in [0.05, 0.1) is 10.7 Å². The van der Waals surface area contributed by atoms with Crippen molar-refractivity contribution in [2.45, 2.75) is 0 Å². The van der Waals surface area contributed by atoms with Gasteiger partial charge in [0.25, 0.3) is 5.91 Å².